The van der Waals surface area contributed by atoms with Crippen LogP contribution in [-0.4, -0.2) is 19.2 Å². The third-order valence-corrected chi connectivity index (χ3v) is 4.46. The minimum atomic E-state index is 0.0984. The smallest absolute Gasteiger partial charge is 0.126 e. The lowest BCUT2D eigenvalue weighted by atomic mass is 9.80. The van der Waals surface area contributed by atoms with Crippen LogP contribution in [0.3, 0.4) is 0 Å². The summed E-state index contributed by atoms with van der Waals surface area (Å²) >= 11 is 6.26. The molecule has 2 nitrogen and oxygen atoms in total. The molecule has 104 valence electrons. The molecule has 1 fully saturated rings. The van der Waals surface area contributed by atoms with E-state index in [2.05, 4.69) is 25.2 Å². The van der Waals surface area contributed by atoms with E-state index in [4.69, 9.17) is 16.3 Å². The molecule has 1 aliphatic carbocycles. The predicted octanol–water partition coefficient (Wildman–Crippen LogP) is 3.69. The molecule has 3 rings (SSSR count). The number of benzene rings is 1. The van der Waals surface area contributed by atoms with Crippen molar-refractivity contribution in [2.75, 3.05) is 13.2 Å². The number of rotatable bonds is 5. The molecular weight excluding hydrogens is 258 g/mol. The Morgan fingerprint density at radius 2 is 2.16 bits per heavy atom. The molecule has 1 N–H and O–H groups in total. The maximum atomic E-state index is 6.26. The van der Waals surface area contributed by atoms with Gasteiger partial charge in [0.05, 0.1) is 6.61 Å². The Kier molecular flexibility index (Phi) is 3.48. The van der Waals surface area contributed by atoms with E-state index >= 15 is 0 Å². The van der Waals surface area contributed by atoms with Crippen molar-refractivity contribution in [3.63, 3.8) is 0 Å². The second-order valence-electron chi connectivity index (χ2n) is 6.40. The fraction of sp³-hybridized carbons (Fsp3) is 0.625. The van der Waals surface area contributed by atoms with E-state index in [0.717, 1.165) is 42.8 Å². The highest BCUT2D eigenvalue weighted by atomic mass is 35.5. The SMILES string of the molecule is CC(C)(CCNC1CC1)c1cc(Cl)cc2c1OCC2. The molecule has 0 amide bonds. The van der Waals surface area contributed by atoms with Crippen LogP contribution in [0.15, 0.2) is 12.1 Å². The first-order valence-corrected chi connectivity index (χ1v) is 7.63. The third-order valence-electron chi connectivity index (χ3n) is 4.24. The molecule has 1 aromatic carbocycles. The molecule has 0 atom stereocenters. The lowest BCUT2D eigenvalue weighted by Gasteiger charge is -2.27. The molecule has 0 aromatic heterocycles. The Bertz CT molecular complexity index is 480. The van der Waals surface area contributed by atoms with Crippen molar-refractivity contribution in [1.29, 1.82) is 0 Å². The number of nitrogens with one attached hydrogen (secondary N) is 1. The van der Waals surface area contributed by atoms with Gasteiger partial charge in [-0.05, 0) is 48.9 Å². The molecule has 19 heavy (non-hydrogen) atoms. The second kappa shape index (κ2) is 4.99. The number of fused-ring (bicyclic) bond motifs is 1. The van der Waals surface area contributed by atoms with Gasteiger partial charge in [-0.15, -0.1) is 0 Å². The van der Waals surface area contributed by atoms with Gasteiger partial charge in [0.2, 0.25) is 0 Å². The Morgan fingerprint density at radius 3 is 2.89 bits per heavy atom. The average molecular weight is 280 g/mol. The predicted molar refractivity (Wildman–Crippen MR) is 79.3 cm³/mol. The molecule has 1 saturated carbocycles. The highest BCUT2D eigenvalue weighted by Crippen LogP contribution is 2.41. The fourth-order valence-electron chi connectivity index (χ4n) is 2.78. The van der Waals surface area contributed by atoms with Crippen LogP contribution in [-0.2, 0) is 11.8 Å². The van der Waals surface area contributed by atoms with Crippen LogP contribution < -0.4 is 10.1 Å². The first-order chi connectivity index (χ1) is 9.06. The molecule has 1 aliphatic heterocycles. The second-order valence-corrected chi connectivity index (χ2v) is 6.84. The average Bonchev–Trinajstić information content (AvgIpc) is 3.04. The Morgan fingerprint density at radius 1 is 1.37 bits per heavy atom. The zero-order chi connectivity index (χ0) is 13.5. The van der Waals surface area contributed by atoms with Gasteiger partial charge in [-0.25, -0.2) is 0 Å². The van der Waals surface area contributed by atoms with Crippen LogP contribution in [0.2, 0.25) is 5.02 Å². The highest BCUT2D eigenvalue weighted by Gasteiger charge is 2.29. The fourth-order valence-corrected chi connectivity index (χ4v) is 3.02. The Balaban J connectivity index is 1.78. The quantitative estimate of drug-likeness (QED) is 0.887. The monoisotopic (exact) mass is 279 g/mol. The van der Waals surface area contributed by atoms with E-state index in [9.17, 15) is 0 Å². The molecule has 0 saturated heterocycles. The molecular formula is C16H22ClNO. The summed E-state index contributed by atoms with van der Waals surface area (Å²) in [6.45, 7) is 6.43. The summed E-state index contributed by atoms with van der Waals surface area (Å²) in [6.07, 6.45) is 4.78. The van der Waals surface area contributed by atoms with E-state index in [0.29, 0.717) is 0 Å². The van der Waals surface area contributed by atoms with Crippen LogP contribution in [0.1, 0.15) is 44.2 Å². The van der Waals surface area contributed by atoms with E-state index in [-0.39, 0.29) is 5.41 Å². The van der Waals surface area contributed by atoms with E-state index < -0.39 is 0 Å². The van der Waals surface area contributed by atoms with Crippen LogP contribution in [0.25, 0.3) is 0 Å². The van der Waals surface area contributed by atoms with Crippen molar-refractivity contribution >= 4 is 11.6 Å². The lowest BCUT2D eigenvalue weighted by molar-refractivity contribution is 0.341. The largest absolute Gasteiger partial charge is 0.493 e. The summed E-state index contributed by atoms with van der Waals surface area (Å²) in [5.74, 6) is 1.08. The number of ether oxygens (including phenoxy) is 1. The maximum absolute atomic E-state index is 6.26. The van der Waals surface area contributed by atoms with E-state index in [1.54, 1.807) is 0 Å². The van der Waals surface area contributed by atoms with Crippen molar-refractivity contribution in [3.05, 3.63) is 28.3 Å². The minimum absolute atomic E-state index is 0.0984. The normalized spacial score (nSPS) is 18.3. The van der Waals surface area contributed by atoms with Gasteiger partial charge in [-0.2, -0.15) is 0 Å². The zero-order valence-corrected chi connectivity index (χ0v) is 12.5. The van der Waals surface area contributed by atoms with Crippen LogP contribution >= 0.6 is 11.6 Å². The molecule has 0 bridgehead atoms. The lowest BCUT2D eigenvalue weighted by Crippen LogP contribution is -2.27. The first-order valence-electron chi connectivity index (χ1n) is 7.25. The Hall–Kier alpha value is -0.730. The topological polar surface area (TPSA) is 21.3 Å². The molecule has 1 aromatic rings. The summed E-state index contributed by atoms with van der Waals surface area (Å²) in [7, 11) is 0. The van der Waals surface area contributed by atoms with Gasteiger partial charge in [0.15, 0.2) is 0 Å². The summed E-state index contributed by atoms with van der Waals surface area (Å²) in [5.41, 5.74) is 2.64. The summed E-state index contributed by atoms with van der Waals surface area (Å²) in [6, 6.07) is 4.91. The van der Waals surface area contributed by atoms with Crippen molar-refractivity contribution in [2.24, 2.45) is 0 Å². The standard InChI is InChI=1S/C16H22ClNO/c1-16(2,6-7-18-13-3-4-13)14-10-12(17)9-11-5-8-19-15(11)14/h9-10,13,18H,3-8H2,1-2H3. The Labute approximate surface area is 120 Å². The maximum Gasteiger partial charge on any atom is 0.126 e. The molecule has 0 unspecified atom stereocenters. The van der Waals surface area contributed by atoms with Crippen molar-refractivity contribution in [1.82, 2.24) is 5.32 Å². The van der Waals surface area contributed by atoms with Gasteiger partial charge in [0.25, 0.3) is 0 Å². The van der Waals surface area contributed by atoms with Gasteiger partial charge in [-0.3, -0.25) is 0 Å². The minimum Gasteiger partial charge on any atom is -0.493 e. The molecule has 1 heterocycles. The molecule has 0 radical (unpaired) electrons. The number of halogens is 1. The molecule has 3 heteroatoms. The first kappa shape index (κ1) is 13.3. The number of hydrogen-bond donors (Lipinski definition) is 1. The van der Waals surface area contributed by atoms with Crippen molar-refractivity contribution < 1.29 is 4.74 Å². The summed E-state index contributed by atoms with van der Waals surface area (Å²) < 4.78 is 5.83. The van der Waals surface area contributed by atoms with Crippen molar-refractivity contribution in [2.45, 2.75) is 51.0 Å². The number of hydrogen-bond acceptors (Lipinski definition) is 2. The zero-order valence-electron chi connectivity index (χ0n) is 11.8. The van der Waals surface area contributed by atoms with Crippen LogP contribution in [0.5, 0.6) is 5.75 Å². The van der Waals surface area contributed by atoms with Gasteiger partial charge < -0.3 is 10.1 Å². The van der Waals surface area contributed by atoms with Crippen LogP contribution in [0, 0.1) is 0 Å². The summed E-state index contributed by atoms with van der Waals surface area (Å²) in [4.78, 5) is 0. The molecule has 0 spiro atoms. The van der Waals surface area contributed by atoms with Gasteiger partial charge in [0.1, 0.15) is 5.75 Å². The van der Waals surface area contributed by atoms with E-state index in [1.165, 1.54) is 24.0 Å². The van der Waals surface area contributed by atoms with Gasteiger partial charge >= 0.3 is 0 Å². The highest BCUT2D eigenvalue weighted by molar-refractivity contribution is 6.30. The van der Waals surface area contributed by atoms with Crippen molar-refractivity contribution in [3.8, 4) is 5.75 Å². The molecule has 2 aliphatic rings. The van der Waals surface area contributed by atoms with Gasteiger partial charge in [-0.1, -0.05) is 25.4 Å². The van der Waals surface area contributed by atoms with Gasteiger partial charge in [0, 0.05) is 23.0 Å². The van der Waals surface area contributed by atoms with Crippen LogP contribution in [0.4, 0.5) is 0 Å². The van der Waals surface area contributed by atoms with E-state index in [1.807, 2.05) is 6.07 Å². The summed E-state index contributed by atoms with van der Waals surface area (Å²) in [5, 5.41) is 4.43. The third kappa shape index (κ3) is 2.90.